The van der Waals surface area contributed by atoms with Crippen LogP contribution in [0.2, 0.25) is 5.22 Å². The van der Waals surface area contributed by atoms with Crippen LogP contribution in [-0.2, 0) is 0 Å². The minimum absolute atomic E-state index is 0.267. The Morgan fingerprint density at radius 1 is 1.36 bits per heavy atom. The number of halogens is 1. The number of rotatable bonds is 3. The van der Waals surface area contributed by atoms with Gasteiger partial charge in [-0.25, -0.2) is 9.97 Å². The maximum Gasteiger partial charge on any atom is 0.194 e. The summed E-state index contributed by atoms with van der Waals surface area (Å²) in [5.74, 6) is 1.48. The summed E-state index contributed by atoms with van der Waals surface area (Å²) >= 11 is 5.95. The van der Waals surface area contributed by atoms with Gasteiger partial charge in [0.25, 0.3) is 0 Å². The average molecular weight is 317 g/mol. The van der Waals surface area contributed by atoms with Gasteiger partial charge in [-0.3, -0.25) is 9.47 Å². The van der Waals surface area contributed by atoms with Crippen molar-refractivity contribution in [2.45, 2.75) is 25.9 Å². The molecule has 1 aliphatic heterocycles. The molecular weight excluding hydrogens is 300 g/mol. The molecule has 4 rings (SSSR count). The third-order valence-corrected chi connectivity index (χ3v) is 4.48. The molecule has 22 heavy (non-hydrogen) atoms. The van der Waals surface area contributed by atoms with E-state index < -0.39 is 0 Å². The lowest BCUT2D eigenvalue weighted by molar-refractivity contribution is 0.208. The second-order valence-electron chi connectivity index (χ2n) is 5.51. The topological polar surface area (TPSA) is 47.1 Å². The monoisotopic (exact) mass is 316 g/mol. The van der Waals surface area contributed by atoms with E-state index in [1.165, 1.54) is 6.42 Å². The van der Waals surface area contributed by atoms with Crippen molar-refractivity contribution in [2.75, 3.05) is 13.1 Å². The molecule has 0 spiro atoms. The maximum atomic E-state index is 5.95. The molecule has 5 nitrogen and oxygen atoms in total. The van der Waals surface area contributed by atoms with Crippen molar-refractivity contribution in [3.05, 3.63) is 35.7 Å². The minimum Gasteiger partial charge on any atom is -0.441 e. The molecule has 6 heteroatoms. The Hall–Kier alpha value is -1.85. The van der Waals surface area contributed by atoms with Gasteiger partial charge in [-0.15, -0.1) is 0 Å². The van der Waals surface area contributed by atoms with Gasteiger partial charge in [0.1, 0.15) is 5.52 Å². The molecule has 3 aromatic heterocycles. The van der Waals surface area contributed by atoms with Crippen LogP contribution in [0, 0.1) is 0 Å². The number of imidazole rings is 1. The molecule has 0 bridgehead atoms. The summed E-state index contributed by atoms with van der Waals surface area (Å²) in [7, 11) is 0. The molecule has 1 fully saturated rings. The van der Waals surface area contributed by atoms with Crippen molar-refractivity contribution in [2.24, 2.45) is 0 Å². The van der Waals surface area contributed by atoms with Crippen molar-refractivity contribution in [1.29, 1.82) is 0 Å². The molecule has 1 atom stereocenters. The highest BCUT2D eigenvalue weighted by Gasteiger charge is 2.30. The fourth-order valence-electron chi connectivity index (χ4n) is 3.29. The average Bonchev–Trinajstić information content (AvgIpc) is 3.22. The maximum absolute atomic E-state index is 5.95. The number of pyridine rings is 1. The molecule has 1 unspecified atom stereocenters. The van der Waals surface area contributed by atoms with E-state index in [-0.39, 0.29) is 6.17 Å². The Bertz CT molecular complexity index is 809. The number of aromatic nitrogens is 3. The third kappa shape index (κ3) is 2.12. The number of likely N-dealkylation sites (tertiary alicyclic amines) is 1. The molecule has 0 amide bonds. The highest BCUT2D eigenvalue weighted by Crippen LogP contribution is 2.35. The van der Waals surface area contributed by atoms with Gasteiger partial charge in [0, 0.05) is 12.7 Å². The Morgan fingerprint density at radius 2 is 2.27 bits per heavy atom. The summed E-state index contributed by atoms with van der Waals surface area (Å²) < 4.78 is 7.80. The quantitative estimate of drug-likeness (QED) is 0.734. The van der Waals surface area contributed by atoms with Crippen molar-refractivity contribution in [3.8, 4) is 11.6 Å². The van der Waals surface area contributed by atoms with Crippen molar-refractivity contribution >= 4 is 22.8 Å². The molecule has 0 aromatic carbocycles. The van der Waals surface area contributed by atoms with Gasteiger partial charge in [-0.05, 0) is 55.3 Å². The van der Waals surface area contributed by atoms with Gasteiger partial charge >= 0.3 is 0 Å². The zero-order valence-corrected chi connectivity index (χ0v) is 13.1. The van der Waals surface area contributed by atoms with Crippen LogP contribution in [0.25, 0.3) is 22.7 Å². The number of furan rings is 1. The summed E-state index contributed by atoms with van der Waals surface area (Å²) in [5, 5.41) is 0.375. The minimum atomic E-state index is 0.267. The van der Waals surface area contributed by atoms with E-state index in [0.717, 1.165) is 36.5 Å². The van der Waals surface area contributed by atoms with E-state index in [2.05, 4.69) is 21.4 Å². The van der Waals surface area contributed by atoms with E-state index in [1.54, 1.807) is 6.07 Å². The molecule has 3 aromatic rings. The molecule has 0 N–H and O–H groups in total. The molecule has 4 heterocycles. The summed E-state index contributed by atoms with van der Waals surface area (Å²) in [6, 6.07) is 7.51. The van der Waals surface area contributed by atoms with Crippen molar-refractivity contribution in [3.63, 3.8) is 0 Å². The molecule has 0 saturated carbocycles. The lowest BCUT2D eigenvalue weighted by Crippen LogP contribution is -2.27. The Labute approximate surface area is 133 Å². The Kier molecular flexibility index (Phi) is 3.39. The summed E-state index contributed by atoms with van der Waals surface area (Å²) in [5.41, 5.74) is 1.78. The van der Waals surface area contributed by atoms with Crippen molar-refractivity contribution < 1.29 is 4.42 Å². The zero-order valence-electron chi connectivity index (χ0n) is 12.4. The number of nitrogens with zero attached hydrogens (tertiary/aromatic N) is 4. The molecular formula is C16H17ClN4O. The van der Waals surface area contributed by atoms with Crippen LogP contribution in [0.5, 0.6) is 0 Å². The van der Waals surface area contributed by atoms with E-state index in [9.17, 15) is 0 Å². The second-order valence-corrected chi connectivity index (χ2v) is 5.88. The van der Waals surface area contributed by atoms with Crippen LogP contribution in [0.4, 0.5) is 0 Å². The van der Waals surface area contributed by atoms with Gasteiger partial charge in [-0.2, -0.15) is 0 Å². The van der Waals surface area contributed by atoms with E-state index in [1.807, 2.05) is 24.4 Å². The normalized spacial score (nSPS) is 19.3. The standard InChI is InChI=1S/C16H17ClN4O/c1-2-20-10-4-6-14(20)21-15-11(5-3-9-18-15)19-16(21)12-7-8-13(17)22-12/h3,5,7-9,14H,2,4,6,10H2,1H3. The van der Waals surface area contributed by atoms with Gasteiger partial charge in [0.05, 0.1) is 6.17 Å². The van der Waals surface area contributed by atoms with Gasteiger partial charge in [-0.1, -0.05) is 6.92 Å². The first-order chi connectivity index (χ1) is 10.8. The van der Waals surface area contributed by atoms with E-state index in [0.29, 0.717) is 11.0 Å². The SMILES string of the molecule is CCN1CCCC1n1c(-c2ccc(Cl)o2)nc2cccnc21. The van der Waals surface area contributed by atoms with Crippen LogP contribution >= 0.6 is 11.6 Å². The molecule has 0 radical (unpaired) electrons. The predicted molar refractivity (Wildman–Crippen MR) is 85.8 cm³/mol. The number of hydrogen-bond donors (Lipinski definition) is 0. The Morgan fingerprint density at radius 3 is 3.05 bits per heavy atom. The van der Waals surface area contributed by atoms with Crippen LogP contribution in [0.15, 0.2) is 34.9 Å². The second kappa shape index (κ2) is 5.41. The fraction of sp³-hybridized carbons (Fsp3) is 0.375. The lowest BCUT2D eigenvalue weighted by atomic mass is 10.3. The summed E-state index contributed by atoms with van der Waals surface area (Å²) in [6.45, 7) is 4.30. The van der Waals surface area contributed by atoms with Gasteiger partial charge in [0.15, 0.2) is 22.5 Å². The first-order valence-corrected chi connectivity index (χ1v) is 7.98. The lowest BCUT2D eigenvalue weighted by Gasteiger charge is -2.25. The van der Waals surface area contributed by atoms with Crippen LogP contribution < -0.4 is 0 Å². The number of hydrogen-bond acceptors (Lipinski definition) is 4. The Balaban J connectivity index is 1.94. The summed E-state index contributed by atoms with van der Waals surface area (Å²) in [4.78, 5) is 11.7. The van der Waals surface area contributed by atoms with Crippen LogP contribution in [0.1, 0.15) is 25.9 Å². The van der Waals surface area contributed by atoms with E-state index in [4.69, 9.17) is 21.0 Å². The first-order valence-electron chi connectivity index (χ1n) is 7.60. The van der Waals surface area contributed by atoms with E-state index >= 15 is 0 Å². The van der Waals surface area contributed by atoms with Crippen molar-refractivity contribution in [1.82, 2.24) is 19.4 Å². The third-order valence-electron chi connectivity index (χ3n) is 4.28. The smallest absolute Gasteiger partial charge is 0.194 e. The molecule has 0 aliphatic carbocycles. The zero-order chi connectivity index (χ0) is 15.1. The molecule has 1 aliphatic rings. The fourth-order valence-corrected chi connectivity index (χ4v) is 3.44. The van der Waals surface area contributed by atoms with Gasteiger partial charge in [0.2, 0.25) is 0 Å². The molecule has 114 valence electrons. The number of fused-ring (bicyclic) bond motifs is 1. The predicted octanol–water partition coefficient (Wildman–Crippen LogP) is 3.96. The molecule has 1 saturated heterocycles. The van der Waals surface area contributed by atoms with Gasteiger partial charge < -0.3 is 4.42 Å². The highest BCUT2D eigenvalue weighted by atomic mass is 35.5. The summed E-state index contributed by atoms with van der Waals surface area (Å²) in [6.07, 6.45) is 4.36. The largest absolute Gasteiger partial charge is 0.441 e. The first kappa shape index (κ1) is 13.8. The highest BCUT2D eigenvalue weighted by molar-refractivity contribution is 6.28. The van der Waals surface area contributed by atoms with Crippen LogP contribution in [0.3, 0.4) is 0 Å². The van der Waals surface area contributed by atoms with Crippen LogP contribution in [-0.4, -0.2) is 32.5 Å².